The maximum Gasteiger partial charge on any atom is 0.325 e. The van der Waals surface area contributed by atoms with E-state index in [-0.39, 0.29) is 0 Å². The molecule has 1 rings (SSSR count). The van der Waals surface area contributed by atoms with Crippen LogP contribution in [0, 0.1) is 6.92 Å². The molecule has 0 fully saturated rings. The fourth-order valence-corrected chi connectivity index (χ4v) is 1.99. The minimum absolute atomic E-state index is 0.346. The fraction of sp³-hybridized carbons (Fsp3) is 0.357. The smallest absolute Gasteiger partial charge is 0.325 e. The van der Waals surface area contributed by atoms with Crippen molar-refractivity contribution in [2.75, 3.05) is 24.5 Å². The van der Waals surface area contributed by atoms with Gasteiger partial charge in [-0.05, 0) is 25.5 Å². The number of nitrogens with two attached hydrogens (primary N) is 1. The van der Waals surface area contributed by atoms with Crippen molar-refractivity contribution < 1.29 is 19.5 Å². The predicted octanol–water partition coefficient (Wildman–Crippen LogP) is 0.813. The molecule has 21 heavy (non-hydrogen) atoms. The Labute approximate surface area is 122 Å². The Hall–Kier alpha value is -2.57. The van der Waals surface area contributed by atoms with Gasteiger partial charge in [-0.3, -0.25) is 14.5 Å². The second-order valence-electron chi connectivity index (χ2n) is 4.53. The Morgan fingerprint density at radius 1 is 1.19 bits per heavy atom. The first-order valence-electron chi connectivity index (χ1n) is 6.49. The number of primary amides is 1. The number of anilines is 1. The van der Waals surface area contributed by atoms with Crippen LogP contribution in [0.25, 0.3) is 0 Å². The van der Waals surface area contributed by atoms with Gasteiger partial charge >= 0.3 is 12.0 Å². The molecule has 1 aromatic carbocycles. The average molecular weight is 293 g/mol. The van der Waals surface area contributed by atoms with Crippen LogP contribution in [-0.2, 0) is 9.59 Å². The number of para-hydroxylation sites is 1. The van der Waals surface area contributed by atoms with E-state index in [4.69, 9.17) is 10.8 Å². The van der Waals surface area contributed by atoms with Gasteiger partial charge in [-0.15, -0.1) is 0 Å². The highest BCUT2D eigenvalue weighted by Crippen LogP contribution is 2.20. The lowest BCUT2D eigenvalue weighted by Crippen LogP contribution is -2.48. The zero-order valence-corrected chi connectivity index (χ0v) is 12.1. The summed E-state index contributed by atoms with van der Waals surface area (Å²) in [5.74, 6) is -1.96. The fourth-order valence-electron chi connectivity index (χ4n) is 1.99. The second kappa shape index (κ2) is 7.28. The van der Waals surface area contributed by atoms with Crippen molar-refractivity contribution in [3.8, 4) is 0 Å². The summed E-state index contributed by atoms with van der Waals surface area (Å²) in [4.78, 5) is 36.7. The minimum atomic E-state index is -1.20. The Kier molecular flexibility index (Phi) is 5.71. The molecule has 0 aliphatic rings. The summed E-state index contributed by atoms with van der Waals surface area (Å²) in [7, 11) is 0. The zero-order valence-electron chi connectivity index (χ0n) is 12.1. The van der Waals surface area contributed by atoms with Crippen molar-refractivity contribution in [3.05, 3.63) is 29.8 Å². The SMILES string of the molecule is CCN(C(=O)N(CC(N)=O)CC(=O)O)c1ccccc1C. The topological polar surface area (TPSA) is 104 Å². The van der Waals surface area contributed by atoms with Crippen molar-refractivity contribution in [2.24, 2.45) is 5.73 Å². The van der Waals surface area contributed by atoms with E-state index in [0.717, 1.165) is 10.5 Å². The van der Waals surface area contributed by atoms with E-state index in [1.807, 2.05) is 19.1 Å². The standard InChI is InChI=1S/C14H19N3O4/c1-3-17(11-7-5-4-6-10(11)2)14(21)16(8-12(15)18)9-13(19)20/h4-7H,3,8-9H2,1-2H3,(H2,15,18)(H,19,20). The van der Waals surface area contributed by atoms with Crippen LogP contribution in [0.2, 0.25) is 0 Å². The molecule has 0 heterocycles. The molecule has 0 aliphatic heterocycles. The van der Waals surface area contributed by atoms with Crippen molar-refractivity contribution in [3.63, 3.8) is 0 Å². The van der Waals surface area contributed by atoms with Gasteiger partial charge in [0.15, 0.2) is 0 Å². The molecule has 0 aromatic heterocycles. The van der Waals surface area contributed by atoms with Gasteiger partial charge in [0.25, 0.3) is 0 Å². The van der Waals surface area contributed by atoms with E-state index in [1.165, 1.54) is 4.90 Å². The lowest BCUT2D eigenvalue weighted by Gasteiger charge is -2.29. The molecule has 0 aliphatic carbocycles. The molecule has 0 radical (unpaired) electrons. The van der Waals surface area contributed by atoms with Crippen LogP contribution >= 0.6 is 0 Å². The van der Waals surface area contributed by atoms with Crippen LogP contribution in [0.15, 0.2) is 24.3 Å². The van der Waals surface area contributed by atoms with E-state index in [1.54, 1.807) is 19.1 Å². The summed E-state index contributed by atoms with van der Waals surface area (Å²) in [5, 5.41) is 8.86. The Bertz CT molecular complexity index is 529. The van der Waals surface area contributed by atoms with E-state index in [9.17, 15) is 14.4 Å². The van der Waals surface area contributed by atoms with Crippen LogP contribution in [0.3, 0.4) is 0 Å². The van der Waals surface area contributed by atoms with Gasteiger partial charge in [0, 0.05) is 12.2 Å². The molecule has 0 atom stereocenters. The molecular weight excluding hydrogens is 274 g/mol. The van der Waals surface area contributed by atoms with Gasteiger partial charge in [0.05, 0.1) is 0 Å². The first-order valence-corrected chi connectivity index (χ1v) is 6.49. The Balaban J connectivity index is 3.06. The summed E-state index contributed by atoms with van der Waals surface area (Å²) < 4.78 is 0. The number of urea groups is 1. The van der Waals surface area contributed by atoms with E-state index >= 15 is 0 Å². The summed E-state index contributed by atoms with van der Waals surface area (Å²) in [6.45, 7) is 2.95. The van der Waals surface area contributed by atoms with Crippen LogP contribution < -0.4 is 10.6 Å². The van der Waals surface area contributed by atoms with Crippen LogP contribution in [-0.4, -0.2) is 47.5 Å². The Morgan fingerprint density at radius 3 is 2.29 bits per heavy atom. The monoisotopic (exact) mass is 293 g/mol. The van der Waals surface area contributed by atoms with Crippen LogP contribution in [0.5, 0.6) is 0 Å². The molecule has 3 amide bonds. The second-order valence-corrected chi connectivity index (χ2v) is 4.53. The average Bonchev–Trinajstić information content (AvgIpc) is 2.39. The van der Waals surface area contributed by atoms with Gasteiger partial charge in [-0.1, -0.05) is 18.2 Å². The largest absolute Gasteiger partial charge is 0.480 e. The molecule has 114 valence electrons. The molecular formula is C14H19N3O4. The van der Waals surface area contributed by atoms with Crippen molar-refractivity contribution >= 4 is 23.6 Å². The predicted molar refractivity (Wildman–Crippen MR) is 78.0 cm³/mol. The van der Waals surface area contributed by atoms with E-state index < -0.39 is 31.0 Å². The van der Waals surface area contributed by atoms with Crippen LogP contribution in [0.4, 0.5) is 10.5 Å². The lowest BCUT2D eigenvalue weighted by atomic mass is 10.2. The lowest BCUT2D eigenvalue weighted by molar-refractivity contribution is -0.137. The number of carbonyl (C=O) groups excluding carboxylic acids is 2. The molecule has 0 saturated heterocycles. The molecule has 3 N–H and O–H groups in total. The van der Waals surface area contributed by atoms with Gasteiger partial charge in [-0.25, -0.2) is 4.79 Å². The first-order chi connectivity index (χ1) is 9.86. The molecule has 0 bridgehead atoms. The number of hydrogen-bond donors (Lipinski definition) is 2. The van der Waals surface area contributed by atoms with E-state index in [0.29, 0.717) is 12.2 Å². The van der Waals surface area contributed by atoms with E-state index in [2.05, 4.69) is 0 Å². The molecule has 0 unspecified atom stereocenters. The van der Waals surface area contributed by atoms with Gasteiger partial charge in [0.2, 0.25) is 5.91 Å². The highest BCUT2D eigenvalue weighted by Gasteiger charge is 2.25. The van der Waals surface area contributed by atoms with Crippen molar-refractivity contribution in [2.45, 2.75) is 13.8 Å². The van der Waals surface area contributed by atoms with Gasteiger partial charge in [-0.2, -0.15) is 0 Å². The normalized spacial score (nSPS) is 10.0. The number of carboxylic acid groups (broad SMARTS) is 1. The maximum atomic E-state index is 12.5. The maximum absolute atomic E-state index is 12.5. The van der Waals surface area contributed by atoms with Crippen molar-refractivity contribution in [1.82, 2.24) is 4.90 Å². The number of nitrogens with zero attached hydrogens (tertiary/aromatic N) is 2. The molecule has 7 heteroatoms. The number of aliphatic carboxylic acids is 1. The summed E-state index contributed by atoms with van der Waals surface area (Å²) in [6, 6.07) is 6.68. The molecule has 1 aromatic rings. The summed E-state index contributed by atoms with van der Waals surface area (Å²) in [5.41, 5.74) is 6.62. The number of rotatable bonds is 6. The number of benzene rings is 1. The van der Waals surface area contributed by atoms with Gasteiger partial charge in [0.1, 0.15) is 13.1 Å². The zero-order chi connectivity index (χ0) is 16.0. The number of aryl methyl sites for hydroxylation is 1. The highest BCUT2D eigenvalue weighted by molar-refractivity contribution is 5.96. The summed E-state index contributed by atoms with van der Waals surface area (Å²) in [6.07, 6.45) is 0. The molecule has 0 saturated carbocycles. The molecule has 7 nitrogen and oxygen atoms in total. The van der Waals surface area contributed by atoms with Crippen molar-refractivity contribution in [1.29, 1.82) is 0 Å². The Morgan fingerprint density at radius 2 is 1.81 bits per heavy atom. The van der Waals surface area contributed by atoms with Crippen LogP contribution in [0.1, 0.15) is 12.5 Å². The van der Waals surface area contributed by atoms with Gasteiger partial charge < -0.3 is 15.7 Å². The third-order valence-electron chi connectivity index (χ3n) is 2.90. The number of amides is 3. The minimum Gasteiger partial charge on any atom is -0.480 e. The first kappa shape index (κ1) is 16.5. The summed E-state index contributed by atoms with van der Waals surface area (Å²) >= 11 is 0. The quantitative estimate of drug-likeness (QED) is 0.810. The third kappa shape index (κ3) is 4.48. The third-order valence-corrected chi connectivity index (χ3v) is 2.90. The molecule has 0 spiro atoms. The highest BCUT2D eigenvalue weighted by atomic mass is 16.4. The number of hydrogen-bond acceptors (Lipinski definition) is 3. The number of carbonyl (C=O) groups is 3. The number of carboxylic acids is 1.